The summed E-state index contributed by atoms with van der Waals surface area (Å²) in [7, 11) is 0. The van der Waals surface area contributed by atoms with Crippen LogP contribution < -0.4 is 0 Å². The summed E-state index contributed by atoms with van der Waals surface area (Å²) >= 11 is 0. The van der Waals surface area contributed by atoms with Crippen molar-refractivity contribution in [1.29, 1.82) is 0 Å². The van der Waals surface area contributed by atoms with Gasteiger partial charge in [0.25, 0.3) is 0 Å². The van der Waals surface area contributed by atoms with E-state index < -0.39 is 5.97 Å². The zero-order valence-electron chi connectivity index (χ0n) is 7.36. The van der Waals surface area contributed by atoms with E-state index in [1.165, 1.54) is 6.20 Å². The maximum atomic E-state index is 10.3. The molecule has 1 aliphatic carbocycles. The third-order valence-corrected chi connectivity index (χ3v) is 2.32. The third kappa shape index (κ3) is 1.71. The molecule has 1 heterocycles. The molecule has 2 atom stereocenters. The topological polar surface area (TPSA) is 63.3 Å². The highest BCUT2D eigenvalue weighted by Gasteiger charge is 2.38. The zero-order chi connectivity index (χ0) is 9.42. The van der Waals surface area contributed by atoms with Gasteiger partial charge in [-0.1, -0.05) is 6.92 Å². The van der Waals surface area contributed by atoms with E-state index in [0.29, 0.717) is 23.5 Å². The van der Waals surface area contributed by atoms with Crippen LogP contribution in [0.3, 0.4) is 0 Å². The Morgan fingerprint density at radius 2 is 2.54 bits per heavy atom. The SMILES string of the molecule is C[C@H]1C[C@H]1c1ncc(CC(=O)O)o1. The number of aliphatic carboxylic acids is 1. The van der Waals surface area contributed by atoms with Crippen molar-refractivity contribution in [3.05, 3.63) is 17.8 Å². The number of aromatic nitrogens is 1. The van der Waals surface area contributed by atoms with Gasteiger partial charge in [-0.15, -0.1) is 0 Å². The lowest BCUT2D eigenvalue weighted by molar-refractivity contribution is -0.136. The van der Waals surface area contributed by atoms with Gasteiger partial charge in [0.1, 0.15) is 12.2 Å². The molecule has 1 fully saturated rings. The van der Waals surface area contributed by atoms with E-state index in [1.807, 2.05) is 0 Å². The van der Waals surface area contributed by atoms with Crippen molar-refractivity contribution < 1.29 is 14.3 Å². The fourth-order valence-corrected chi connectivity index (χ4v) is 1.39. The minimum Gasteiger partial charge on any atom is -0.481 e. The molecular weight excluding hydrogens is 170 g/mol. The van der Waals surface area contributed by atoms with Crippen LogP contribution in [0.2, 0.25) is 0 Å². The lowest BCUT2D eigenvalue weighted by atomic mass is 10.3. The summed E-state index contributed by atoms with van der Waals surface area (Å²) in [5.41, 5.74) is 0. The minimum atomic E-state index is -0.883. The molecule has 1 aromatic rings. The van der Waals surface area contributed by atoms with Crippen LogP contribution in [0, 0.1) is 5.92 Å². The van der Waals surface area contributed by atoms with E-state index in [0.717, 1.165) is 6.42 Å². The highest BCUT2D eigenvalue weighted by atomic mass is 16.4. The first-order valence-corrected chi connectivity index (χ1v) is 4.33. The maximum absolute atomic E-state index is 10.3. The zero-order valence-corrected chi connectivity index (χ0v) is 7.36. The van der Waals surface area contributed by atoms with Crippen LogP contribution in [0.1, 0.15) is 30.9 Å². The highest BCUT2D eigenvalue weighted by molar-refractivity contribution is 5.69. The summed E-state index contributed by atoms with van der Waals surface area (Å²) in [5, 5.41) is 8.49. The molecule has 1 aliphatic rings. The average molecular weight is 181 g/mol. The average Bonchev–Trinajstić information content (AvgIpc) is 2.60. The van der Waals surface area contributed by atoms with Crippen LogP contribution in [-0.2, 0) is 11.2 Å². The Morgan fingerprint density at radius 1 is 1.85 bits per heavy atom. The monoisotopic (exact) mass is 181 g/mol. The Balaban J connectivity index is 2.05. The Bertz CT molecular complexity index is 331. The van der Waals surface area contributed by atoms with Gasteiger partial charge in [0.05, 0.1) is 6.20 Å². The van der Waals surface area contributed by atoms with Crippen LogP contribution in [-0.4, -0.2) is 16.1 Å². The molecular formula is C9H11NO3. The van der Waals surface area contributed by atoms with E-state index in [4.69, 9.17) is 9.52 Å². The van der Waals surface area contributed by atoms with Gasteiger partial charge in [0.15, 0.2) is 5.89 Å². The van der Waals surface area contributed by atoms with Crippen LogP contribution in [0.15, 0.2) is 10.6 Å². The second kappa shape index (κ2) is 2.87. The van der Waals surface area contributed by atoms with Crippen molar-refractivity contribution in [1.82, 2.24) is 4.98 Å². The van der Waals surface area contributed by atoms with Gasteiger partial charge in [-0.05, 0) is 12.3 Å². The number of carboxylic acid groups (broad SMARTS) is 1. The summed E-state index contributed by atoms with van der Waals surface area (Å²) in [4.78, 5) is 14.4. The normalized spacial score (nSPS) is 25.9. The second-order valence-electron chi connectivity index (χ2n) is 3.55. The summed E-state index contributed by atoms with van der Waals surface area (Å²) < 4.78 is 5.30. The number of carbonyl (C=O) groups is 1. The van der Waals surface area contributed by atoms with Crippen molar-refractivity contribution in [3.8, 4) is 0 Å². The largest absolute Gasteiger partial charge is 0.481 e. The molecule has 70 valence electrons. The van der Waals surface area contributed by atoms with Crippen molar-refractivity contribution in [3.63, 3.8) is 0 Å². The van der Waals surface area contributed by atoms with Gasteiger partial charge in [-0.25, -0.2) is 4.98 Å². The molecule has 0 unspecified atom stereocenters. The number of rotatable bonds is 3. The summed E-state index contributed by atoms with van der Waals surface area (Å²) in [6.45, 7) is 2.13. The fraction of sp³-hybridized carbons (Fsp3) is 0.556. The molecule has 0 bridgehead atoms. The summed E-state index contributed by atoms with van der Waals surface area (Å²) in [6.07, 6.45) is 2.54. The molecule has 1 aromatic heterocycles. The maximum Gasteiger partial charge on any atom is 0.311 e. The van der Waals surface area contributed by atoms with E-state index >= 15 is 0 Å². The van der Waals surface area contributed by atoms with Crippen molar-refractivity contribution in [2.75, 3.05) is 0 Å². The fourth-order valence-electron chi connectivity index (χ4n) is 1.39. The number of carboxylic acids is 1. The second-order valence-corrected chi connectivity index (χ2v) is 3.55. The molecule has 0 radical (unpaired) electrons. The number of hydrogen-bond donors (Lipinski definition) is 1. The molecule has 13 heavy (non-hydrogen) atoms. The van der Waals surface area contributed by atoms with Gasteiger partial charge in [-0.2, -0.15) is 0 Å². The lowest BCUT2D eigenvalue weighted by Crippen LogP contribution is -1.97. The standard InChI is InChI=1S/C9H11NO3/c1-5-2-7(5)9-10-4-6(13-9)3-8(11)12/h4-5,7H,2-3H2,1H3,(H,11,12)/t5-,7+/m0/s1. The highest BCUT2D eigenvalue weighted by Crippen LogP contribution is 2.46. The Labute approximate surface area is 75.6 Å². The molecule has 1 N–H and O–H groups in total. The predicted molar refractivity (Wildman–Crippen MR) is 44.4 cm³/mol. The Morgan fingerprint density at radius 3 is 3.08 bits per heavy atom. The van der Waals surface area contributed by atoms with Crippen LogP contribution in [0.25, 0.3) is 0 Å². The first-order chi connectivity index (χ1) is 6.16. The molecule has 4 nitrogen and oxygen atoms in total. The van der Waals surface area contributed by atoms with Gasteiger partial charge < -0.3 is 9.52 Å². The Kier molecular flexibility index (Phi) is 1.83. The summed E-state index contributed by atoms with van der Waals surface area (Å²) in [6, 6.07) is 0. The third-order valence-electron chi connectivity index (χ3n) is 2.32. The first-order valence-electron chi connectivity index (χ1n) is 4.33. The van der Waals surface area contributed by atoms with E-state index in [9.17, 15) is 4.79 Å². The van der Waals surface area contributed by atoms with Crippen LogP contribution >= 0.6 is 0 Å². The van der Waals surface area contributed by atoms with E-state index in [1.54, 1.807) is 0 Å². The summed E-state index contributed by atoms with van der Waals surface area (Å²) in [5.74, 6) is 1.32. The molecule has 1 saturated carbocycles. The van der Waals surface area contributed by atoms with Gasteiger partial charge in [0, 0.05) is 5.92 Å². The van der Waals surface area contributed by atoms with Gasteiger partial charge in [-0.3, -0.25) is 4.79 Å². The molecule has 2 rings (SSSR count). The van der Waals surface area contributed by atoms with Crippen LogP contribution in [0.5, 0.6) is 0 Å². The lowest BCUT2D eigenvalue weighted by Gasteiger charge is -1.89. The van der Waals surface area contributed by atoms with Gasteiger partial charge in [0.2, 0.25) is 0 Å². The van der Waals surface area contributed by atoms with Crippen molar-refractivity contribution >= 4 is 5.97 Å². The van der Waals surface area contributed by atoms with E-state index in [2.05, 4.69) is 11.9 Å². The molecule has 0 spiro atoms. The predicted octanol–water partition coefficient (Wildman–Crippen LogP) is 1.43. The minimum absolute atomic E-state index is 0.0753. The smallest absolute Gasteiger partial charge is 0.311 e. The first kappa shape index (κ1) is 8.29. The molecule has 0 amide bonds. The number of oxazole rings is 1. The van der Waals surface area contributed by atoms with Crippen LogP contribution in [0.4, 0.5) is 0 Å². The van der Waals surface area contributed by atoms with Crippen molar-refractivity contribution in [2.24, 2.45) is 5.92 Å². The molecule has 4 heteroatoms. The molecule has 0 aromatic carbocycles. The Hall–Kier alpha value is -1.32. The van der Waals surface area contributed by atoms with Crippen molar-refractivity contribution in [2.45, 2.75) is 25.7 Å². The molecule has 0 aliphatic heterocycles. The van der Waals surface area contributed by atoms with E-state index in [-0.39, 0.29) is 6.42 Å². The molecule has 0 saturated heterocycles. The van der Waals surface area contributed by atoms with Gasteiger partial charge >= 0.3 is 5.97 Å². The number of nitrogens with zero attached hydrogens (tertiary/aromatic N) is 1. The number of hydrogen-bond acceptors (Lipinski definition) is 3. The quantitative estimate of drug-likeness (QED) is 0.766.